The summed E-state index contributed by atoms with van der Waals surface area (Å²) in [7, 11) is 0. The highest BCUT2D eigenvalue weighted by molar-refractivity contribution is 7.09. The summed E-state index contributed by atoms with van der Waals surface area (Å²) in [5.74, 6) is -0.690. The highest BCUT2D eigenvalue weighted by Gasteiger charge is 2.34. The number of hydrogen-bond acceptors (Lipinski definition) is 4. The van der Waals surface area contributed by atoms with Gasteiger partial charge in [0, 0.05) is 11.1 Å². The van der Waals surface area contributed by atoms with Crippen LogP contribution in [0.3, 0.4) is 0 Å². The predicted molar refractivity (Wildman–Crippen MR) is 70.7 cm³/mol. The Labute approximate surface area is 116 Å². The van der Waals surface area contributed by atoms with Crippen molar-refractivity contribution in [2.75, 3.05) is 11.1 Å². The number of amides is 1. The number of aryl methyl sites for hydroxylation is 1. The van der Waals surface area contributed by atoms with Crippen molar-refractivity contribution in [1.82, 2.24) is 4.98 Å². The first-order valence-corrected chi connectivity index (χ1v) is 6.35. The zero-order valence-corrected chi connectivity index (χ0v) is 11.1. The molecule has 0 aliphatic carbocycles. The third-order valence-corrected chi connectivity index (χ3v) is 3.22. The zero-order chi connectivity index (χ0) is 14.9. The molecule has 0 fully saturated rings. The summed E-state index contributed by atoms with van der Waals surface area (Å²) < 4.78 is 38.6. The van der Waals surface area contributed by atoms with Crippen LogP contribution >= 0.6 is 11.3 Å². The number of aromatic nitrogens is 1. The Morgan fingerprint density at radius 2 is 2.10 bits per heavy atom. The minimum atomic E-state index is -4.60. The van der Waals surface area contributed by atoms with E-state index in [0.717, 1.165) is 12.1 Å². The Kier molecular flexibility index (Phi) is 3.67. The first-order chi connectivity index (χ1) is 9.27. The van der Waals surface area contributed by atoms with E-state index in [0.29, 0.717) is 5.01 Å². The standard InChI is InChI=1S/C12H10F3N3OS/c1-6-17-10(5-20-6)11(19)18-9-3-2-7(16)4-8(9)12(13,14)15/h2-5H,16H2,1H3,(H,18,19). The van der Waals surface area contributed by atoms with Gasteiger partial charge in [-0.15, -0.1) is 11.3 Å². The molecule has 3 N–H and O–H groups in total. The summed E-state index contributed by atoms with van der Waals surface area (Å²) >= 11 is 1.24. The summed E-state index contributed by atoms with van der Waals surface area (Å²) in [5, 5.41) is 4.34. The van der Waals surface area contributed by atoms with Crippen LogP contribution in [0.15, 0.2) is 23.6 Å². The van der Waals surface area contributed by atoms with E-state index in [1.807, 2.05) is 0 Å². The van der Waals surface area contributed by atoms with E-state index in [-0.39, 0.29) is 17.1 Å². The lowest BCUT2D eigenvalue weighted by atomic mass is 10.1. The molecule has 0 aliphatic rings. The number of halogens is 3. The fourth-order valence-corrected chi connectivity index (χ4v) is 2.15. The van der Waals surface area contributed by atoms with Crippen molar-refractivity contribution in [3.05, 3.63) is 39.8 Å². The number of carbonyl (C=O) groups is 1. The van der Waals surface area contributed by atoms with Crippen molar-refractivity contribution in [2.45, 2.75) is 13.1 Å². The number of carbonyl (C=O) groups excluding carboxylic acids is 1. The fraction of sp³-hybridized carbons (Fsp3) is 0.167. The third kappa shape index (κ3) is 3.08. The topological polar surface area (TPSA) is 68.0 Å². The zero-order valence-electron chi connectivity index (χ0n) is 10.3. The minimum absolute atomic E-state index is 0.0279. The maximum Gasteiger partial charge on any atom is 0.418 e. The Hall–Kier alpha value is -2.09. The summed E-state index contributed by atoms with van der Waals surface area (Å²) in [5.41, 5.74) is 4.07. The molecule has 20 heavy (non-hydrogen) atoms. The number of nitrogens with zero attached hydrogens (tertiary/aromatic N) is 1. The van der Waals surface area contributed by atoms with Crippen molar-refractivity contribution in [1.29, 1.82) is 0 Å². The maximum atomic E-state index is 12.9. The number of hydrogen-bond donors (Lipinski definition) is 2. The first-order valence-electron chi connectivity index (χ1n) is 5.47. The van der Waals surface area contributed by atoms with Gasteiger partial charge in [-0.2, -0.15) is 13.2 Å². The van der Waals surface area contributed by atoms with Gasteiger partial charge in [0.2, 0.25) is 0 Å². The molecule has 4 nitrogen and oxygen atoms in total. The lowest BCUT2D eigenvalue weighted by Crippen LogP contribution is -2.17. The van der Waals surface area contributed by atoms with Gasteiger partial charge in [-0.05, 0) is 25.1 Å². The number of benzene rings is 1. The van der Waals surface area contributed by atoms with E-state index in [2.05, 4.69) is 10.3 Å². The average Bonchev–Trinajstić information content (AvgIpc) is 2.77. The molecule has 2 aromatic rings. The lowest BCUT2D eigenvalue weighted by molar-refractivity contribution is -0.136. The Morgan fingerprint density at radius 1 is 1.40 bits per heavy atom. The van der Waals surface area contributed by atoms with Crippen LogP contribution in [0.1, 0.15) is 21.1 Å². The number of thiazole rings is 1. The molecular weight excluding hydrogens is 291 g/mol. The third-order valence-electron chi connectivity index (χ3n) is 2.45. The summed E-state index contributed by atoms with van der Waals surface area (Å²) in [6.45, 7) is 1.70. The van der Waals surface area contributed by atoms with Crippen LogP contribution in [0.5, 0.6) is 0 Å². The van der Waals surface area contributed by atoms with Crippen molar-refractivity contribution in [3.63, 3.8) is 0 Å². The van der Waals surface area contributed by atoms with Gasteiger partial charge in [0.15, 0.2) is 0 Å². The van der Waals surface area contributed by atoms with Gasteiger partial charge in [-0.3, -0.25) is 4.79 Å². The number of anilines is 2. The van der Waals surface area contributed by atoms with E-state index in [1.165, 1.54) is 22.8 Å². The molecule has 8 heteroatoms. The molecule has 0 radical (unpaired) electrons. The number of alkyl halides is 3. The molecular formula is C12H10F3N3OS. The van der Waals surface area contributed by atoms with Gasteiger partial charge >= 0.3 is 6.18 Å². The first kappa shape index (κ1) is 14.3. The van der Waals surface area contributed by atoms with Crippen molar-refractivity contribution < 1.29 is 18.0 Å². The monoisotopic (exact) mass is 301 g/mol. The molecule has 106 valence electrons. The SMILES string of the molecule is Cc1nc(C(=O)Nc2ccc(N)cc2C(F)(F)F)cs1. The average molecular weight is 301 g/mol. The molecule has 1 amide bonds. The van der Waals surface area contributed by atoms with Crippen molar-refractivity contribution in [3.8, 4) is 0 Å². The van der Waals surface area contributed by atoms with Gasteiger partial charge in [0.05, 0.1) is 16.3 Å². The summed E-state index contributed by atoms with van der Waals surface area (Å²) in [4.78, 5) is 15.7. The fourth-order valence-electron chi connectivity index (χ4n) is 1.56. The van der Waals surface area contributed by atoms with Crippen LogP contribution in [-0.2, 0) is 6.18 Å². The Bertz CT molecular complexity index is 652. The highest BCUT2D eigenvalue weighted by atomic mass is 32.1. The lowest BCUT2D eigenvalue weighted by Gasteiger charge is -2.13. The van der Waals surface area contributed by atoms with Crippen LogP contribution < -0.4 is 11.1 Å². The second-order valence-corrected chi connectivity index (χ2v) is 5.07. The minimum Gasteiger partial charge on any atom is -0.399 e. The number of nitrogens with one attached hydrogen (secondary N) is 1. The summed E-state index contributed by atoms with van der Waals surface area (Å²) in [6, 6.07) is 3.19. The molecule has 1 heterocycles. The number of rotatable bonds is 2. The van der Waals surface area contributed by atoms with E-state index >= 15 is 0 Å². The smallest absolute Gasteiger partial charge is 0.399 e. The van der Waals surface area contributed by atoms with Crippen molar-refractivity contribution in [2.24, 2.45) is 0 Å². The number of nitrogen functional groups attached to an aromatic ring is 1. The Morgan fingerprint density at radius 3 is 2.65 bits per heavy atom. The van der Waals surface area contributed by atoms with Crippen LogP contribution in [0.4, 0.5) is 24.5 Å². The second-order valence-electron chi connectivity index (χ2n) is 4.01. The predicted octanol–water partition coefficient (Wildman–Crippen LogP) is 3.30. The van der Waals surface area contributed by atoms with E-state index in [9.17, 15) is 18.0 Å². The second kappa shape index (κ2) is 5.12. The molecule has 0 unspecified atom stereocenters. The van der Waals surface area contributed by atoms with E-state index in [1.54, 1.807) is 6.92 Å². The Balaban J connectivity index is 2.32. The van der Waals surface area contributed by atoms with Gasteiger partial charge in [0.1, 0.15) is 5.69 Å². The van der Waals surface area contributed by atoms with Crippen molar-refractivity contribution >= 4 is 28.6 Å². The maximum absolute atomic E-state index is 12.9. The van der Waals surface area contributed by atoms with Gasteiger partial charge in [0.25, 0.3) is 5.91 Å². The van der Waals surface area contributed by atoms with Gasteiger partial charge in [-0.25, -0.2) is 4.98 Å². The molecule has 0 saturated heterocycles. The van der Waals surface area contributed by atoms with E-state index < -0.39 is 17.6 Å². The van der Waals surface area contributed by atoms with Crippen LogP contribution in [-0.4, -0.2) is 10.9 Å². The van der Waals surface area contributed by atoms with Crippen LogP contribution in [0.2, 0.25) is 0 Å². The van der Waals surface area contributed by atoms with Gasteiger partial charge in [-0.1, -0.05) is 0 Å². The highest BCUT2D eigenvalue weighted by Crippen LogP contribution is 2.36. The van der Waals surface area contributed by atoms with Crippen LogP contribution in [0, 0.1) is 6.92 Å². The molecule has 0 spiro atoms. The largest absolute Gasteiger partial charge is 0.418 e. The molecule has 0 atom stereocenters. The summed E-state index contributed by atoms with van der Waals surface area (Å²) in [6.07, 6.45) is -4.60. The normalized spacial score (nSPS) is 11.4. The molecule has 2 rings (SSSR count). The quantitative estimate of drug-likeness (QED) is 0.836. The molecule has 0 aliphatic heterocycles. The molecule has 1 aromatic heterocycles. The van der Waals surface area contributed by atoms with Gasteiger partial charge < -0.3 is 11.1 Å². The molecule has 1 aromatic carbocycles. The molecule has 0 saturated carbocycles. The van der Waals surface area contributed by atoms with E-state index in [4.69, 9.17) is 5.73 Å². The van der Waals surface area contributed by atoms with Crippen LogP contribution in [0.25, 0.3) is 0 Å². The molecule has 0 bridgehead atoms. The number of nitrogens with two attached hydrogens (primary N) is 1.